The molecule has 1 heterocycles. The van der Waals surface area contributed by atoms with Crippen molar-refractivity contribution in [2.75, 3.05) is 0 Å². The van der Waals surface area contributed by atoms with Crippen LogP contribution >= 0.6 is 0 Å². The van der Waals surface area contributed by atoms with Crippen molar-refractivity contribution in [3.8, 4) is 11.3 Å². The Kier molecular flexibility index (Phi) is 2.99. The van der Waals surface area contributed by atoms with Crippen LogP contribution in [0.2, 0.25) is 0 Å². The predicted molar refractivity (Wildman–Crippen MR) is 89.5 cm³/mol. The first-order valence-corrected chi connectivity index (χ1v) is 7.37. The van der Waals surface area contributed by atoms with Gasteiger partial charge in [0.25, 0.3) is 0 Å². The van der Waals surface area contributed by atoms with Crippen LogP contribution in [0, 0.1) is 27.7 Å². The first-order chi connectivity index (χ1) is 10.4. The number of benzene rings is 2. The average molecular weight is 277 g/mol. The van der Waals surface area contributed by atoms with Crippen LogP contribution in [-0.4, -0.2) is 0 Å². The fraction of sp³-hybridized carbons (Fsp3) is 0.250. The van der Waals surface area contributed by atoms with Crippen LogP contribution in [0.4, 0.5) is 0 Å². The van der Waals surface area contributed by atoms with Gasteiger partial charge in [0.05, 0.1) is 6.76 Å². The standard InChI is InChI=1S/C20H22N/c1-13-6-8-15(3)18(10-13)20-19-11-14(2)7-9-17(19)12-16(4)21(20)5/h6-12H,1-5H3/q+1/i12D. The molecule has 0 saturated heterocycles. The molecule has 3 rings (SSSR count). The molecule has 0 saturated carbocycles. The summed E-state index contributed by atoms with van der Waals surface area (Å²) in [7, 11) is 2.06. The molecule has 0 N–H and O–H groups in total. The summed E-state index contributed by atoms with van der Waals surface area (Å²) in [6, 6.07) is 13.6. The number of hydrogen-bond acceptors (Lipinski definition) is 0. The molecule has 0 aliphatic rings. The van der Waals surface area contributed by atoms with Gasteiger partial charge in [-0.1, -0.05) is 35.4 Å². The van der Waals surface area contributed by atoms with Crippen LogP contribution < -0.4 is 4.57 Å². The molecule has 0 amide bonds. The Hall–Kier alpha value is -2.15. The van der Waals surface area contributed by atoms with E-state index >= 15 is 0 Å². The Morgan fingerprint density at radius 1 is 0.905 bits per heavy atom. The third-order valence-electron chi connectivity index (χ3n) is 4.23. The van der Waals surface area contributed by atoms with Gasteiger partial charge >= 0.3 is 0 Å². The molecule has 2 aromatic carbocycles. The number of aryl methyl sites for hydroxylation is 3. The van der Waals surface area contributed by atoms with Crippen molar-refractivity contribution in [1.29, 1.82) is 0 Å². The van der Waals surface area contributed by atoms with Crippen LogP contribution in [0.5, 0.6) is 0 Å². The van der Waals surface area contributed by atoms with E-state index < -0.39 is 0 Å². The van der Waals surface area contributed by atoms with E-state index in [2.05, 4.69) is 68.8 Å². The Balaban J connectivity index is 2.52. The first kappa shape index (κ1) is 12.6. The number of pyridine rings is 1. The molecule has 0 spiro atoms. The van der Waals surface area contributed by atoms with Gasteiger partial charge in [0.2, 0.25) is 5.69 Å². The second-order valence-corrected chi connectivity index (χ2v) is 5.99. The van der Waals surface area contributed by atoms with Gasteiger partial charge in [-0.05, 0) is 43.9 Å². The van der Waals surface area contributed by atoms with E-state index in [-0.39, 0.29) is 0 Å². The second-order valence-electron chi connectivity index (χ2n) is 5.99. The van der Waals surface area contributed by atoms with Gasteiger partial charge in [-0.15, -0.1) is 0 Å². The van der Waals surface area contributed by atoms with E-state index in [1.807, 2.05) is 6.92 Å². The van der Waals surface area contributed by atoms with Gasteiger partial charge in [-0.3, -0.25) is 0 Å². The lowest BCUT2D eigenvalue weighted by molar-refractivity contribution is -0.665. The zero-order valence-electron chi connectivity index (χ0n) is 14.4. The first-order valence-electron chi connectivity index (χ1n) is 7.87. The van der Waals surface area contributed by atoms with Crippen molar-refractivity contribution in [2.45, 2.75) is 27.7 Å². The summed E-state index contributed by atoms with van der Waals surface area (Å²) in [5, 5.41) is 2.18. The summed E-state index contributed by atoms with van der Waals surface area (Å²) in [5.41, 5.74) is 7.19. The van der Waals surface area contributed by atoms with E-state index in [9.17, 15) is 0 Å². The van der Waals surface area contributed by atoms with Gasteiger partial charge in [0.15, 0.2) is 5.69 Å². The van der Waals surface area contributed by atoms with Crippen molar-refractivity contribution in [3.63, 3.8) is 0 Å². The van der Waals surface area contributed by atoms with Crippen LogP contribution in [0.3, 0.4) is 0 Å². The normalized spacial score (nSPS) is 11.8. The van der Waals surface area contributed by atoms with Gasteiger partial charge < -0.3 is 0 Å². The SMILES string of the molecule is [2H]c1c(C)[n+](C)c(-c2cc(C)ccc2C)c2cc(C)ccc12. The van der Waals surface area contributed by atoms with Crippen molar-refractivity contribution >= 4 is 10.8 Å². The highest BCUT2D eigenvalue weighted by Crippen LogP contribution is 2.29. The molecule has 1 aromatic heterocycles. The highest BCUT2D eigenvalue weighted by molar-refractivity contribution is 5.94. The van der Waals surface area contributed by atoms with E-state index in [1.165, 1.54) is 27.9 Å². The lowest BCUT2D eigenvalue weighted by Gasteiger charge is -2.11. The molecule has 21 heavy (non-hydrogen) atoms. The number of aromatic nitrogens is 1. The van der Waals surface area contributed by atoms with Crippen molar-refractivity contribution in [3.05, 3.63) is 64.8 Å². The summed E-state index contributed by atoms with van der Waals surface area (Å²) in [4.78, 5) is 0. The summed E-state index contributed by atoms with van der Waals surface area (Å²) < 4.78 is 10.6. The largest absolute Gasteiger partial charge is 0.220 e. The Morgan fingerprint density at radius 3 is 2.33 bits per heavy atom. The Labute approximate surface area is 128 Å². The molecule has 0 aliphatic carbocycles. The Bertz CT molecular complexity index is 894. The lowest BCUT2D eigenvalue weighted by Crippen LogP contribution is -2.35. The molecular weight excluding hydrogens is 254 g/mol. The van der Waals surface area contributed by atoms with Crippen molar-refractivity contribution in [1.82, 2.24) is 0 Å². The van der Waals surface area contributed by atoms with E-state index in [0.717, 1.165) is 16.5 Å². The molecular formula is C20H22N+. The maximum absolute atomic E-state index is 8.43. The van der Waals surface area contributed by atoms with Crippen LogP contribution in [-0.2, 0) is 7.05 Å². The maximum Gasteiger partial charge on any atom is 0.220 e. The van der Waals surface area contributed by atoms with Crippen LogP contribution in [0.15, 0.2) is 42.4 Å². The van der Waals surface area contributed by atoms with Crippen molar-refractivity contribution in [2.24, 2.45) is 7.05 Å². The minimum absolute atomic E-state index is 0.617. The van der Waals surface area contributed by atoms with Gasteiger partial charge in [-0.25, -0.2) is 0 Å². The third kappa shape index (κ3) is 2.33. The predicted octanol–water partition coefficient (Wildman–Crippen LogP) is 4.56. The molecule has 106 valence electrons. The zero-order chi connectivity index (χ0) is 16.0. The molecule has 1 nitrogen and oxygen atoms in total. The molecule has 0 bridgehead atoms. The molecule has 0 radical (unpaired) electrons. The quantitative estimate of drug-likeness (QED) is 0.574. The average Bonchev–Trinajstić information content (AvgIpc) is 2.48. The molecule has 0 fully saturated rings. The smallest absolute Gasteiger partial charge is 0.198 e. The zero-order valence-corrected chi connectivity index (χ0v) is 13.4. The molecule has 0 unspecified atom stereocenters. The second kappa shape index (κ2) is 5.00. The molecule has 1 heteroatoms. The molecule has 3 aromatic rings. The van der Waals surface area contributed by atoms with Gasteiger partial charge in [0, 0.05) is 18.5 Å². The van der Waals surface area contributed by atoms with E-state index in [0.29, 0.717) is 6.04 Å². The highest BCUT2D eigenvalue weighted by atomic mass is 14.9. The minimum Gasteiger partial charge on any atom is -0.198 e. The fourth-order valence-electron chi connectivity index (χ4n) is 2.91. The number of nitrogens with zero attached hydrogens (tertiary/aromatic N) is 1. The number of fused-ring (bicyclic) bond motifs is 1. The van der Waals surface area contributed by atoms with Crippen LogP contribution in [0.25, 0.3) is 22.0 Å². The molecule has 0 aliphatic heterocycles. The van der Waals surface area contributed by atoms with E-state index in [4.69, 9.17) is 1.37 Å². The van der Waals surface area contributed by atoms with Gasteiger partial charge in [-0.2, -0.15) is 4.57 Å². The monoisotopic (exact) mass is 277 g/mol. The topological polar surface area (TPSA) is 3.88 Å². The summed E-state index contributed by atoms with van der Waals surface area (Å²) in [6.45, 7) is 8.41. The lowest BCUT2D eigenvalue weighted by atomic mass is 9.96. The summed E-state index contributed by atoms with van der Waals surface area (Å²) in [6.07, 6.45) is 0. The fourth-order valence-corrected chi connectivity index (χ4v) is 2.91. The summed E-state index contributed by atoms with van der Waals surface area (Å²) >= 11 is 0. The number of hydrogen-bond donors (Lipinski definition) is 0. The van der Waals surface area contributed by atoms with Crippen molar-refractivity contribution < 1.29 is 5.94 Å². The number of rotatable bonds is 1. The maximum atomic E-state index is 8.43. The third-order valence-corrected chi connectivity index (χ3v) is 4.23. The van der Waals surface area contributed by atoms with Gasteiger partial charge in [0.1, 0.15) is 7.05 Å². The summed E-state index contributed by atoms with van der Waals surface area (Å²) in [5.74, 6) is 0. The van der Waals surface area contributed by atoms with Crippen LogP contribution in [0.1, 0.15) is 23.8 Å². The minimum atomic E-state index is 0.617. The molecule has 0 atom stereocenters. The highest BCUT2D eigenvalue weighted by Gasteiger charge is 2.19. The Morgan fingerprint density at radius 2 is 1.57 bits per heavy atom. The van der Waals surface area contributed by atoms with E-state index in [1.54, 1.807) is 0 Å².